The molecule has 0 saturated carbocycles. The van der Waals surface area contributed by atoms with Crippen LogP contribution in [0.2, 0.25) is 0 Å². The van der Waals surface area contributed by atoms with E-state index in [2.05, 4.69) is 15.0 Å². The van der Waals surface area contributed by atoms with Crippen LogP contribution in [0.1, 0.15) is 5.82 Å². The number of nitrogens with zero attached hydrogens (tertiary/aromatic N) is 4. The monoisotopic (exact) mass is 252 g/mol. The van der Waals surface area contributed by atoms with Crippen LogP contribution in [0.4, 0.5) is 0 Å². The molecular weight excluding hydrogens is 240 g/mol. The highest BCUT2D eigenvalue weighted by Gasteiger charge is 2.18. The fraction of sp³-hybridized carbons (Fsp3) is 0.455. The Balaban J connectivity index is 2.11. The van der Waals surface area contributed by atoms with Gasteiger partial charge in [-0.2, -0.15) is 0 Å². The molecule has 17 heavy (non-hydrogen) atoms. The molecule has 2 aromatic rings. The number of rotatable bonds is 2. The predicted molar refractivity (Wildman–Crippen MR) is 65.9 cm³/mol. The molecule has 0 bridgehead atoms. The van der Waals surface area contributed by atoms with Crippen molar-refractivity contribution in [2.24, 2.45) is 0 Å². The Kier molecular flexibility index (Phi) is 2.86. The summed E-state index contributed by atoms with van der Waals surface area (Å²) in [6.45, 7) is 3.14. The standard InChI is InChI=1S/C11H13ClN4O/c12-8-10-14-9-2-1-3-13-11(9)16(10)15-4-6-17-7-5-15/h1-3H,4-8H2. The van der Waals surface area contributed by atoms with Crippen molar-refractivity contribution in [3.8, 4) is 0 Å². The smallest absolute Gasteiger partial charge is 0.179 e. The lowest BCUT2D eigenvalue weighted by Crippen LogP contribution is -2.44. The van der Waals surface area contributed by atoms with Crippen LogP contribution in [-0.4, -0.2) is 40.9 Å². The van der Waals surface area contributed by atoms with Gasteiger partial charge in [-0.3, -0.25) is 0 Å². The van der Waals surface area contributed by atoms with Crippen molar-refractivity contribution < 1.29 is 4.74 Å². The summed E-state index contributed by atoms with van der Waals surface area (Å²) in [6, 6.07) is 3.84. The van der Waals surface area contributed by atoms with Crippen LogP contribution in [0.3, 0.4) is 0 Å². The van der Waals surface area contributed by atoms with E-state index in [1.165, 1.54) is 0 Å². The van der Waals surface area contributed by atoms with E-state index < -0.39 is 0 Å². The summed E-state index contributed by atoms with van der Waals surface area (Å²) in [7, 11) is 0. The van der Waals surface area contributed by atoms with Gasteiger partial charge in [0.2, 0.25) is 0 Å². The number of imidazole rings is 1. The first kappa shape index (κ1) is 10.8. The van der Waals surface area contributed by atoms with E-state index in [4.69, 9.17) is 16.3 Å². The summed E-state index contributed by atoms with van der Waals surface area (Å²) in [6.07, 6.45) is 1.78. The number of alkyl halides is 1. The van der Waals surface area contributed by atoms with Gasteiger partial charge in [-0.1, -0.05) is 0 Å². The zero-order chi connectivity index (χ0) is 11.7. The Morgan fingerprint density at radius 3 is 2.94 bits per heavy atom. The van der Waals surface area contributed by atoms with Gasteiger partial charge >= 0.3 is 0 Å². The lowest BCUT2D eigenvalue weighted by Gasteiger charge is -2.30. The summed E-state index contributed by atoms with van der Waals surface area (Å²) in [4.78, 5) is 8.88. The van der Waals surface area contributed by atoms with Crippen LogP contribution in [0, 0.1) is 0 Å². The van der Waals surface area contributed by atoms with Crippen molar-refractivity contribution in [3.05, 3.63) is 24.2 Å². The van der Waals surface area contributed by atoms with E-state index in [1.54, 1.807) is 6.20 Å². The third kappa shape index (κ3) is 1.85. The van der Waals surface area contributed by atoms with E-state index in [0.717, 1.165) is 43.3 Å². The second kappa shape index (κ2) is 4.50. The molecule has 0 aromatic carbocycles. The largest absolute Gasteiger partial charge is 0.378 e. The summed E-state index contributed by atoms with van der Waals surface area (Å²) in [5, 5.41) is 2.18. The lowest BCUT2D eigenvalue weighted by atomic mass is 10.4. The van der Waals surface area contributed by atoms with E-state index in [9.17, 15) is 0 Å². The number of aromatic nitrogens is 3. The minimum absolute atomic E-state index is 0.383. The molecule has 0 N–H and O–H groups in total. The average molecular weight is 253 g/mol. The van der Waals surface area contributed by atoms with Gasteiger partial charge in [-0.15, -0.1) is 11.6 Å². The molecule has 5 nitrogen and oxygen atoms in total. The Hall–Kier alpha value is -1.33. The fourth-order valence-corrected chi connectivity index (χ4v) is 2.26. The topological polar surface area (TPSA) is 43.2 Å². The maximum atomic E-state index is 5.95. The third-order valence-corrected chi connectivity index (χ3v) is 3.09. The van der Waals surface area contributed by atoms with Crippen molar-refractivity contribution in [1.29, 1.82) is 0 Å². The first-order valence-corrected chi connectivity index (χ1v) is 6.15. The highest BCUT2D eigenvalue weighted by Crippen LogP contribution is 2.16. The van der Waals surface area contributed by atoms with Crippen molar-refractivity contribution in [2.45, 2.75) is 5.88 Å². The fourth-order valence-electron chi connectivity index (χ4n) is 2.08. The predicted octanol–water partition coefficient (Wildman–Crippen LogP) is 1.14. The zero-order valence-corrected chi connectivity index (χ0v) is 10.1. The highest BCUT2D eigenvalue weighted by molar-refractivity contribution is 6.16. The summed E-state index contributed by atoms with van der Waals surface area (Å²) in [5.74, 6) is 1.22. The van der Waals surface area contributed by atoms with Crippen molar-refractivity contribution in [2.75, 3.05) is 31.3 Å². The van der Waals surface area contributed by atoms with Gasteiger partial charge in [0.15, 0.2) is 5.65 Å². The number of ether oxygens (including phenoxy) is 1. The number of hydrogen-bond acceptors (Lipinski definition) is 4. The number of hydrogen-bond donors (Lipinski definition) is 0. The first-order valence-electron chi connectivity index (χ1n) is 5.61. The van der Waals surface area contributed by atoms with Gasteiger partial charge in [0, 0.05) is 6.20 Å². The molecule has 0 aliphatic carbocycles. The van der Waals surface area contributed by atoms with Gasteiger partial charge in [-0.05, 0) is 12.1 Å². The molecule has 0 spiro atoms. The average Bonchev–Trinajstić information content (AvgIpc) is 2.78. The number of pyridine rings is 1. The minimum atomic E-state index is 0.383. The Bertz CT molecular complexity index is 521. The van der Waals surface area contributed by atoms with Crippen molar-refractivity contribution in [1.82, 2.24) is 14.6 Å². The molecule has 0 unspecified atom stereocenters. The van der Waals surface area contributed by atoms with Crippen LogP contribution in [-0.2, 0) is 10.6 Å². The van der Waals surface area contributed by atoms with Gasteiger partial charge in [-0.25, -0.2) is 14.6 Å². The van der Waals surface area contributed by atoms with Gasteiger partial charge < -0.3 is 9.75 Å². The number of halogens is 1. The molecule has 6 heteroatoms. The molecule has 0 amide bonds. The van der Waals surface area contributed by atoms with Crippen molar-refractivity contribution in [3.63, 3.8) is 0 Å². The van der Waals surface area contributed by atoms with Crippen LogP contribution in [0.15, 0.2) is 18.3 Å². The second-order valence-electron chi connectivity index (χ2n) is 3.89. The molecule has 1 saturated heterocycles. The van der Waals surface area contributed by atoms with Gasteiger partial charge in [0.25, 0.3) is 0 Å². The Morgan fingerprint density at radius 2 is 2.18 bits per heavy atom. The number of morpholine rings is 1. The normalized spacial score (nSPS) is 16.6. The number of fused-ring (bicyclic) bond motifs is 1. The highest BCUT2D eigenvalue weighted by atomic mass is 35.5. The summed E-state index contributed by atoms with van der Waals surface area (Å²) >= 11 is 5.95. The molecular formula is C11H13ClN4O. The molecule has 0 atom stereocenters. The lowest BCUT2D eigenvalue weighted by molar-refractivity contribution is 0.111. The first-order chi connectivity index (χ1) is 8.40. The second-order valence-corrected chi connectivity index (χ2v) is 4.15. The summed E-state index contributed by atoms with van der Waals surface area (Å²) in [5.41, 5.74) is 1.75. The van der Waals surface area contributed by atoms with E-state index in [-0.39, 0.29) is 0 Å². The molecule has 1 aliphatic rings. The quantitative estimate of drug-likeness (QED) is 0.752. The van der Waals surface area contributed by atoms with Gasteiger partial charge in [0.05, 0.1) is 32.2 Å². The minimum Gasteiger partial charge on any atom is -0.378 e. The maximum absolute atomic E-state index is 5.95. The molecule has 2 aromatic heterocycles. The van der Waals surface area contributed by atoms with Crippen molar-refractivity contribution >= 4 is 22.8 Å². The van der Waals surface area contributed by atoms with Gasteiger partial charge in [0.1, 0.15) is 11.3 Å². The molecule has 3 rings (SSSR count). The molecule has 1 aliphatic heterocycles. The third-order valence-electron chi connectivity index (χ3n) is 2.85. The van der Waals surface area contributed by atoms with E-state index in [0.29, 0.717) is 5.88 Å². The molecule has 90 valence electrons. The maximum Gasteiger partial charge on any atom is 0.179 e. The van der Waals surface area contributed by atoms with Crippen LogP contribution < -0.4 is 5.01 Å². The molecule has 1 fully saturated rings. The van der Waals surface area contributed by atoms with Crippen LogP contribution >= 0.6 is 11.6 Å². The van der Waals surface area contributed by atoms with E-state index in [1.807, 2.05) is 16.8 Å². The van der Waals surface area contributed by atoms with Crippen LogP contribution in [0.25, 0.3) is 11.2 Å². The Labute approximate surface area is 104 Å². The molecule has 3 heterocycles. The summed E-state index contributed by atoms with van der Waals surface area (Å²) < 4.78 is 7.37. The van der Waals surface area contributed by atoms with E-state index >= 15 is 0 Å². The Morgan fingerprint density at radius 1 is 1.35 bits per heavy atom. The SMILES string of the molecule is ClCc1nc2cccnc2n1N1CCOCC1. The molecule has 0 radical (unpaired) electrons. The zero-order valence-electron chi connectivity index (χ0n) is 9.34. The van der Waals surface area contributed by atoms with Crippen LogP contribution in [0.5, 0.6) is 0 Å².